The van der Waals surface area contributed by atoms with Crippen LogP contribution < -0.4 is 5.32 Å². The first-order valence-corrected chi connectivity index (χ1v) is 6.15. The van der Waals surface area contributed by atoms with Gasteiger partial charge in [-0.15, -0.1) is 0 Å². The smallest absolute Gasteiger partial charge is 0.0917 e. The van der Waals surface area contributed by atoms with Gasteiger partial charge in [-0.25, -0.2) is 0 Å². The lowest BCUT2D eigenvalue weighted by Gasteiger charge is -2.19. The third-order valence-electron chi connectivity index (χ3n) is 3.01. The van der Waals surface area contributed by atoms with E-state index in [9.17, 15) is 5.11 Å². The van der Waals surface area contributed by atoms with Crippen LogP contribution in [0.4, 0.5) is 0 Å². The third-order valence-corrected chi connectivity index (χ3v) is 3.01. The lowest BCUT2D eigenvalue weighted by molar-refractivity contribution is 0.137. The summed E-state index contributed by atoms with van der Waals surface area (Å²) in [5.74, 6) is 0. The summed E-state index contributed by atoms with van der Waals surface area (Å²) in [7, 11) is 1.70. The zero-order chi connectivity index (χ0) is 12.7. The van der Waals surface area contributed by atoms with Gasteiger partial charge in [0.2, 0.25) is 0 Å². The average molecular weight is 237 g/mol. The molecule has 2 atom stereocenters. The zero-order valence-corrected chi connectivity index (χ0v) is 10.9. The lowest BCUT2D eigenvalue weighted by atomic mass is 10.0. The van der Waals surface area contributed by atoms with Crippen molar-refractivity contribution in [2.24, 2.45) is 0 Å². The first-order valence-electron chi connectivity index (χ1n) is 6.15. The van der Waals surface area contributed by atoms with Crippen molar-refractivity contribution in [3.8, 4) is 0 Å². The van der Waals surface area contributed by atoms with Crippen LogP contribution in [0.3, 0.4) is 0 Å². The van der Waals surface area contributed by atoms with Crippen molar-refractivity contribution in [1.82, 2.24) is 5.32 Å². The Labute approximate surface area is 104 Å². The molecule has 0 aliphatic carbocycles. The summed E-state index contributed by atoms with van der Waals surface area (Å²) in [6.07, 6.45) is 0.538. The largest absolute Gasteiger partial charge is 0.387 e. The van der Waals surface area contributed by atoms with Crippen LogP contribution >= 0.6 is 0 Å². The van der Waals surface area contributed by atoms with E-state index >= 15 is 0 Å². The molecule has 1 aromatic rings. The Morgan fingerprint density at radius 3 is 2.65 bits per heavy atom. The monoisotopic (exact) mass is 237 g/mol. The van der Waals surface area contributed by atoms with Crippen LogP contribution in [-0.2, 0) is 4.74 Å². The topological polar surface area (TPSA) is 41.5 Å². The summed E-state index contributed by atoms with van der Waals surface area (Å²) in [6.45, 7) is 5.37. The molecule has 0 aliphatic heterocycles. The highest BCUT2D eigenvalue weighted by molar-refractivity contribution is 5.27. The molecule has 0 amide bonds. The summed E-state index contributed by atoms with van der Waals surface area (Å²) < 4.78 is 5.11. The number of ether oxygens (including phenoxy) is 1. The van der Waals surface area contributed by atoms with Crippen molar-refractivity contribution in [2.45, 2.75) is 32.4 Å². The summed E-state index contributed by atoms with van der Waals surface area (Å²) >= 11 is 0. The van der Waals surface area contributed by atoms with Crippen molar-refractivity contribution < 1.29 is 9.84 Å². The highest BCUT2D eigenvalue weighted by atomic mass is 16.5. The van der Waals surface area contributed by atoms with Crippen molar-refractivity contribution in [1.29, 1.82) is 0 Å². The lowest BCUT2D eigenvalue weighted by Crippen LogP contribution is -2.35. The molecule has 0 spiro atoms. The van der Waals surface area contributed by atoms with Gasteiger partial charge in [-0.1, -0.05) is 31.2 Å². The molecule has 0 radical (unpaired) electrons. The minimum Gasteiger partial charge on any atom is -0.387 e. The van der Waals surface area contributed by atoms with Gasteiger partial charge in [0.15, 0.2) is 0 Å². The molecular weight excluding hydrogens is 214 g/mol. The Hall–Kier alpha value is -0.900. The zero-order valence-electron chi connectivity index (χ0n) is 10.9. The standard InChI is InChI=1S/C14H23NO2/c1-4-12(10-17-3)15-9-14(16)13-8-6-5-7-11(13)2/h5-8,12,14-16H,4,9-10H2,1-3H3/t12-,14-/m0/s1. The van der Waals surface area contributed by atoms with Crippen LogP contribution in [0, 0.1) is 6.92 Å². The second-order valence-corrected chi connectivity index (χ2v) is 4.34. The molecule has 0 bridgehead atoms. The van der Waals surface area contributed by atoms with Crippen LogP contribution in [0.5, 0.6) is 0 Å². The van der Waals surface area contributed by atoms with Crippen LogP contribution in [0.15, 0.2) is 24.3 Å². The number of benzene rings is 1. The van der Waals surface area contributed by atoms with Gasteiger partial charge in [0, 0.05) is 19.7 Å². The normalized spacial score (nSPS) is 14.6. The van der Waals surface area contributed by atoms with Crippen LogP contribution in [0.25, 0.3) is 0 Å². The Kier molecular flexibility index (Phi) is 6.19. The molecule has 17 heavy (non-hydrogen) atoms. The maximum atomic E-state index is 10.1. The molecule has 3 nitrogen and oxygen atoms in total. The molecular formula is C14H23NO2. The number of rotatable bonds is 7. The summed E-state index contributed by atoms with van der Waals surface area (Å²) in [5, 5.41) is 13.4. The van der Waals surface area contributed by atoms with Gasteiger partial charge < -0.3 is 15.2 Å². The minimum atomic E-state index is -0.456. The van der Waals surface area contributed by atoms with Crippen molar-refractivity contribution in [3.63, 3.8) is 0 Å². The Morgan fingerprint density at radius 1 is 1.35 bits per heavy atom. The van der Waals surface area contributed by atoms with E-state index in [2.05, 4.69) is 12.2 Å². The van der Waals surface area contributed by atoms with Gasteiger partial charge in [0.1, 0.15) is 0 Å². The third kappa shape index (κ3) is 4.46. The van der Waals surface area contributed by atoms with Crippen molar-refractivity contribution >= 4 is 0 Å². The van der Waals surface area contributed by atoms with Crippen LogP contribution in [-0.4, -0.2) is 31.4 Å². The van der Waals surface area contributed by atoms with Crippen LogP contribution in [0.2, 0.25) is 0 Å². The Balaban J connectivity index is 2.49. The molecule has 3 heteroatoms. The maximum absolute atomic E-state index is 10.1. The molecule has 2 N–H and O–H groups in total. The van der Waals surface area contributed by atoms with Gasteiger partial charge in [-0.05, 0) is 24.5 Å². The number of aryl methyl sites for hydroxylation is 1. The molecule has 0 saturated heterocycles. The van der Waals surface area contributed by atoms with Crippen molar-refractivity contribution in [2.75, 3.05) is 20.3 Å². The SMILES string of the molecule is CC[C@@H](COC)NC[C@H](O)c1ccccc1C. The summed E-state index contributed by atoms with van der Waals surface area (Å²) in [5.41, 5.74) is 2.12. The second-order valence-electron chi connectivity index (χ2n) is 4.34. The fraction of sp³-hybridized carbons (Fsp3) is 0.571. The van der Waals surface area contributed by atoms with E-state index in [-0.39, 0.29) is 0 Å². The molecule has 0 heterocycles. The Morgan fingerprint density at radius 2 is 2.06 bits per heavy atom. The number of methoxy groups -OCH3 is 1. The van der Waals surface area contributed by atoms with Gasteiger partial charge >= 0.3 is 0 Å². The summed E-state index contributed by atoms with van der Waals surface area (Å²) in [6, 6.07) is 8.24. The first-order chi connectivity index (χ1) is 8.19. The fourth-order valence-electron chi connectivity index (χ4n) is 1.87. The van der Waals surface area contributed by atoms with E-state index in [0.717, 1.165) is 17.5 Å². The molecule has 0 aromatic heterocycles. The van der Waals surface area contributed by atoms with Gasteiger partial charge in [-0.2, -0.15) is 0 Å². The van der Waals surface area contributed by atoms with E-state index in [1.165, 1.54) is 0 Å². The molecule has 96 valence electrons. The van der Waals surface area contributed by atoms with Crippen molar-refractivity contribution in [3.05, 3.63) is 35.4 Å². The van der Waals surface area contributed by atoms with Gasteiger partial charge in [-0.3, -0.25) is 0 Å². The number of aliphatic hydroxyl groups excluding tert-OH is 1. The van der Waals surface area contributed by atoms with Gasteiger partial charge in [0.05, 0.1) is 12.7 Å². The molecule has 0 saturated carbocycles. The average Bonchev–Trinajstić information content (AvgIpc) is 2.34. The van der Waals surface area contributed by atoms with Crippen LogP contribution in [0.1, 0.15) is 30.6 Å². The second kappa shape index (κ2) is 7.43. The van der Waals surface area contributed by atoms with E-state index in [1.807, 2.05) is 31.2 Å². The molecule has 0 fully saturated rings. The highest BCUT2D eigenvalue weighted by Gasteiger charge is 2.12. The van der Waals surface area contributed by atoms with Gasteiger partial charge in [0.25, 0.3) is 0 Å². The number of hydrogen-bond donors (Lipinski definition) is 2. The fourth-order valence-corrected chi connectivity index (χ4v) is 1.87. The van der Waals surface area contributed by atoms with E-state index in [0.29, 0.717) is 19.2 Å². The highest BCUT2D eigenvalue weighted by Crippen LogP contribution is 2.16. The maximum Gasteiger partial charge on any atom is 0.0917 e. The van der Waals surface area contributed by atoms with E-state index in [4.69, 9.17) is 4.74 Å². The number of nitrogens with one attached hydrogen (secondary N) is 1. The predicted molar refractivity (Wildman–Crippen MR) is 70.1 cm³/mol. The molecule has 0 aliphatic rings. The number of hydrogen-bond acceptors (Lipinski definition) is 3. The molecule has 1 rings (SSSR count). The Bertz CT molecular complexity index is 328. The number of aliphatic hydroxyl groups is 1. The summed E-state index contributed by atoms with van der Waals surface area (Å²) in [4.78, 5) is 0. The predicted octanol–water partition coefficient (Wildman–Crippen LogP) is 2.04. The van der Waals surface area contributed by atoms with E-state index in [1.54, 1.807) is 7.11 Å². The minimum absolute atomic E-state index is 0.304. The first kappa shape index (κ1) is 14.2. The molecule has 1 aromatic carbocycles. The van der Waals surface area contributed by atoms with E-state index < -0.39 is 6.10 Å². The molecule has 0 unspecified atom stereocenters. The quantitative estimate of drug-likeness (QED) is 0.762.